The predicted octanol–water partition coefficient (Wildman–Crippen LogP) is 3.85. The standard InChI is InChI=1S/C17H14ClF2N5O2S/c1-25-5-8(18)11(24-25)16(27)23-12-10-7(6-2-3-6)4-9(14(19)20)22-17(10)28-13(12)15(21)26/h4-6,14H,2-3H2,1H3,(H2,21,26)(H,23,27). The predicted molar refractivity (Wildman–Crippen MR) is 101 cm³/mol. The largest absolute Gasteiger partial charge is 0.365 e. The average Bonchev–Trinajstić information content (AvgIpc) is 3.32. The maximum absolute atomic E-state index is 13.3. The Morgan fingerprint density at radius 3 is 2.68 bits per heavy atom. The molecule has 0 bridgehead atoms. The lowest BCUT2D eigenvalue weighted by Crippen LogP contribution is -2.17. The molecule has 0 radical (unpaired) electrons. The van der Waals surface area contributed by atoms with Crippen LogP contribution in [0.25, 0.3) is 10.2 Å². The first-order valence-electron chi connectivity index (χ1n) is 8.32. The Hall–Kier alpha value is -2.59. The summed E-state index contributed by atoms with van der Waals surface area (Å²) in [5, 5.41) is 7.24. The number of hydrogen-bond acceptors (Lipinski definition) is 5. The Morgan fingerprint density at radius 2 is 2.14 bits per heavy atom. The molecule has 1 aliphatic carbocycles. The number of nitrogens with two attached hydrogens (primary N) is 1. The van der Waals surface area contributed by atoms with Crippen LogP contribution in [0.3, 0.4) is 0 Å². The van der Waals surface area contributed by atoms with Gasteiger partial charge in [0.2, 0.25) is 0 Å². The van der Waals surface area contributed by atoms with Crippen LogP contribution in [0.2, 0.25) is 5.02 Å². The summed E-state index contributed by atoms with van der Waals surface area (Å²) in [7, 11) is 1.61. The van der Waals surface area contributed by atoms with Crippen LogP contribution in [0, 0.1) is 0 Å². The van der Waals surface area contributed by atoms with E-state index in [9.17, 15) is 18.4 Å². The van der Waals surface area contributed by atoms with Gasteiger partial charge in [-0.25, -0.2) is 13.8 Å². The first-order valence-corrected chi connectivity index (χ1v) is 9.51. The van der Waals surface area contributed by atoms with Gasteiger partial charge in [-0.3, -0.25) is 14.3 Å². The third-order valence-electron chi connectivity index (χ3n) is 4.41. The molecule has 0 unspecified atom stereocenters. The lowest BCUT2D eigenvalue weighted by atomic mass is 10.0. The van der Waals surface area contributed by atoms with Crippen molar-refractivity contribution in [3.8, 4) is 0 Å². The normalized spacial score (nSPS) is 14.0. The van der Waals surface area contributed by atoms with Crippen molar-refractivity contribution in [2.45, 2.75) is 25.2 Å². The number of fused-ring (bicyclic) bond motifs is 1. The molecule has 1 saturated carbocycles. The van der Waals surface area contributed by atoms with Gasteiger partial charge in [0.15, 0.2) is 5.69 Å². The molecule has 4 rings (SSSR count). The second kappa shape index (κ2) is 6.78. The zero-order valence-electron chi connectivity index (χ0n) is 14.5. The number of alkyl halides is 2. The van der Waals surface area contributed by atoms with Crippen molar-refractivity contribution in [2.75, 3.05) is 5.32 Å². The molecule has 146 valence electrons. The summed E-state index contributed by atoms with van der Waals surface area (Å²) in [4.78, 5) is 28.9. The fourth-order valence-corrected chi connectivity index (χ4v) is 4.34. The Morgan fingerprint density at radius 1 is 1.43 bits per heavy atom. The van der Waals surface area contributed by atoms with E-state index < -0.39 is 18.2 Å². The fraction of sp³-hybridized carbons (Fsp3) is 0.294. The minimum atomic E-state index is -2.74. The number of nitrogens with one attached hydrogen (secondary N) is 1. The van der Waals surface area contributed by atoms with Gasteiger partial charge < -0.3 is 11.1 Å². The molecule has 28 heavy (non-hydrogen) atoms. The molecule has 0 spiro atoms. The number of rotatable bonds is 5. The maximum atomic E-state index is 13.3. The fourth-order valence-electron chi connectivity index (χ4n) is 3.05. The number of hydrogen-bond donors (Lipinski definition) is 2. The summed E-state index contributed by atoms with van der Waals surface area (Å²) >= 11 is 6.90. The van der Waals surface area contributed by atoms with Crippen LogP contribution in [0.5, 0.6) is 0 Å². The number of anilines is 1. The third-order valence-corrected chi connectivity index (χ3v) is 5.79. The molecule has 3 aromatic rings. The highest BCUT2D eigenvalue weighted by Crippen LogP contribution is 2.48. The molecule has 2 amide bonds. The Balaban J connectivity index is 1.88. The summed E-state index contributed by atoms with van der Waals surface area (Å²) in [6.45, 7) is 0. The van der Waals surface area contributed by atoms with E-state index in [2.05, 4.69) is 15.4 Å². The molecule has 3 aromatic heterocycles. The van der Waals surface area contributed by atoms with Gasteiger partial charge in [0.25, 0.3) is 18.2 Å². The van der Waals surface area contributed by atoms with E-state index in [1.165, 1.54) is 16.9 Å². The molecule has 1 aliphatic rings. The Bertz CT molecular complexity index is 1120. The maximum Gasteiger partial charge on any atom is 0.280 e. The van der Waals surface area contributed by atoms with Crippen molar-refractivity contribution in [2.24, 2.45) is 12.8 Å². The van der Waals surface area contributed by atoms with Gasteiger partial charge in [-0.05, 0) is 30.4 Å². The van der Waals surface area contributed by atoms with Gasteiger partial charge in [0.05, 0.1) is 10.7 Å². The minimum Gasteiger partial charge on any atom is -0.365 e. The Kier molecular flexibility index (Phi) is 4.54. The summed E-state index contributed by atoms with van der Waals surface area (Å²) in [6, 6.07) is 1.34. The van der Waals surface area contributed by atoms with Gasteiger partial charge in [0.1, 0.15) is 15.4 Å². The van der Waals surface area contributed by atoms with E-state index >= 15 is 0 Å². The van der Waals surface area contributed by atoms with E-state index in [4.69, 9.17) is 17.3 Å². The Labute approximate surface area is 166 Å². The number of aromatic nitrogens is 3. The summed E-state index contributed by atoms with van der Waals surface area (Å²) in [6.07, 6.45) is 0.390. The van der Waals surface area contributed by atoms with Crippen molar-refractivity contribution in [3.05, 3.63) is 39.1 Å². The van der Waals surface area contributed by atoms with Crippen LogP contribution in [0.15, 0.2) is 12.3 Å². The number of amides is 2. The van der Waals surface area contributed by atoms with Crippen LogP contribution in [-0.4, -0.2) is 26.6 Å². The average molecular weight is 426 g/mol. The lowest BCUT2D eigenvalue weighted by Gasteiger charge is -2.09. The quantitative estimate of drug-likeness (QED) is 0.648. The van der Waals surface area contributed by atoms with Crippen LogP contribution in [0.4, 0.5) is 14.5 Å². The van der Waals surface area contributed by atoms with Crippen molar-refractivity contribution in [1.29, 1.82) is 0 Å². The number of carbonyl (C=O) groups is 2. The highest BCUT2D eigenvalue weighted by molar-refractivity contribution is 7.21. The van der Waals surface area contributed by atoms with E-state index in [0.29, 0.717) is 10.9 Å². The summed E-state index contributed by atoms with van der Waals surface area (Å²) in [5.41, 5.74) is 5.87. The highest BCUT2D eigenvalue weighted by Gasteiger charge is 2.32. The van der Waals surface area contributed by atoms with Crippen LogP contribution >= 0.6 is 22.9 Å². The van der Waals surface area contributed by atoms with Crippen molar-refractivity contribution < 1.29 is 18.4 Å². The molecule has 0 saturated heterocycles. The monoisotopic (exact) mass is 425 g/mol. The smallest absolute Gasteiger partial charge is 0.280 e. The lowest BCUT2D eigenvalue weighted by molar-refractivity contribution is 0.100. The van der Waals surface area contributed by atoms with Gasteiger partial charge in [-0.1, -0.05) is 11.6 Å². The van der Waals surface area contributed by atoms with Gasteiger partial charge in [0, 0.05) is 18.6 Å². The van der Waals surface area contributed by atoms with Crippen LogP contribution in [-0.2, 0) is 7.05 Å². The number of halogens is 3. The molecular weight excluding hydrogens is 412 g/mol. The van der Waals surface area contributed by atoms with Gasteiger partial charge in [-0.2, -0.15) is 5.10 Å². The number of aryl methyl sites for hydroxylation is 1. The van der Waals surface area contributed by atoms with Crippen molar-refractivity contribution in [3.63, 3.8) is 0 Å². The molecule has 3 N–H and O–H groups in total. The molecule has 1 fully saturated rings. The van der Waals surface area contributed by atoms with Crippen LogP contribution in [0.1, 0.15) is 56.6 Å². The minimum absolute atomic E-state index is 0.0240. The number of primary amides is 1. The molecular formula is C17H14ClF2N5O2S. The number of pyridine rings is 1. The zero-order valence-corrected chi connectivity index (χ0v) is 16.1. The highest BCUT2D eigenvalue weighted by atomic mass is 35.5. The number of carbonyl (C=O) groups excluding carboxylic acids is 2. The van der Waals surface area contributed by atoms with E-state index in [-0.39, 0.29) is 37.7 Å². The first-order chi connectivity index (χ1) is 13.3. The third kappa shape index (κ3) is 3.22. The number of nitrogens with zero attached hydrogens (tertiary/aromatic N) is 3. The zero-order chi connectivity index (χ0) is 20.2. The number of thiophene rings is 1. The second-order valence-electron chi connectivity index (χ2n) is 6.52. The summed E-state index contributed by atoms with van der Waals surface area (Å²) < 4.78 is 27.9. The van der Waals surface area contributed by atoms with Gasteiger partial charge in [-0.15, -0.1) is 11.3 Å². The molecule has 7 nitrogen and oxygen atoms in total. The van der Waals surface area contributed by atoms with Gasteiger partial charge >= 0.3 is 0 Å². The van der Waals surface area contributed by atoms with Crippen LogP contribution < -0.4 is 11.1 Å². The SMILES string of the molecule is Cn1cc(Cl)c(C(=O)Nc2c(C(N)=O)sc3nc(C(F)F)cc(C4CC4)c23)n1. The van der Waals surface area contributed by atoms with Crippen molar-refractivity contribution in [1.82, 2.24) is 14.8 Å². The van der Waals surface area contributed by atoms with Crippen molar-refractivity contribution >= 4 is 50.7 Å². The first kappa shape index (κ1) is 18.8. The second-order valence-corrected chi connectivity index (χ2v) is 7.92. The molecule has 11 heteroatoms. The van der Waals surface area contributed by atoms with E-state index in [1.54, 1.807) is 7.05 Å². The van der Waals surface area contributed by atoms with E-state index in [1.807, 2.05) is 0 Å². The molecule has 3 heterocycles. The van der Waals surface area contributed by atoms with E-state index in [0.717, 1.165) is 24.2 Å². The summed E-state index contributed by atoms with van der Waals surface area (Å²) in [5.74, 6) is -1.34. The molecule has 0 aromatic carbocycles. The topological polar surface area (TPSA) is 103 Å². The molecule has 0 atom stereocenters. The molecule has 0 aliphatic heterocycles.